The lowest BCUT2D eigenvalue weighted by Crippen LogP contribution is -2.08. The zero-order chi connectivity index (χ0) is 8.97. The van der Waals surface area contributed by atoms with Crippen molar-refractivity contribution in [3.63, 3.8) is 0 Å². The van der Waals surface area contributed by atoms with Crippen LogP contribution in [0.5, 0.6) is 5.88 Å². The van der Waals surface area contributed by atoms with Gasteiger partial charge in [-0.3, -0.25) is 0 Å². The van der Waals surface area contributed by atoms with Crippen LogP contribution in [0, 0.1) is 0 Å². The lowest BCUT2D eigenvalue weighted by Gasteiger charge is -2.05. The Balaban J connectivity index is 2.95. The van der Waals surface area contributed by atoms with Crippen molar-refractivity contribution in [1.82, 2.24) is 10.5 Å². The molecule has 1 aromatic heterocycles. The van der Waals surface area contributed by atoms with Crippen LogP contribution < -0.4 is 10.2 Å². The minimum atomic E-state index is 0.315. The number of methoxy groups -OCH3 is 1. The Morgan fingerprint density at radius 1 is 1.75 bits per heavy atom. The fraction of sp³-hybridized carbons (Fsp3) is 0.286. The van der Waals surface area contributed by atoms with Crippen LogP contribution in [0.1, 0.15) is 5.56 Å². The number of pyridine rings is 1. The van der Waals surface area contributed by atoms with Gasteiger partial charge in [-0.25, -0.2) is 10.5 Å². The van der Waals surface area contributed by atoms with Gasteiger partial charge in [0.25, 0.3) is 0 Å². The molecular weight excluding hydrogens is 224 g/mol. The summed E-state index contributed by atoms with van der Waals surface area (Å²) in [6.45, 7) is 0.315. The molecule has 0 radical (unpaired) electrons. The Hall–Kier alpha value is -0.650. The van der Waals surface area contributed by atoms with E-state index in [1.54, 1.807) is 6.20 Å². The summed E-state index contributed by atoms with van der Waals surface area (Å²) in [5.41, 5.74) is 2.85. The number of hydroxylamine groups is 1. The summed E-state index contributed by atoms with van der Waals surface area (Å²) < 4.78 is 5.82. The number of rotatable bonds is 3. The first-order valence-corrected chi connectivity index (χ1v) is 4.12. The van der Waals surface area contributed by atoms with E-state index in [1.807, 2.05) is 11.5 Å². The average Bonchev–Trinajstić information content (AvgIpc) is 2.05. The van der Waals surface area contributed by atoms with E-state index in [-0.39, 0.29) is 0 Å². The first-order valence-electron chi connectivity index (χ1n) is 3.33. The topological polar surface area (TPSA) is 54.4 Å². The van der Waals surface area contributed by atoms with Gasteiger partial charge >= 0.3 is 0 Å². The van der Waals surface area contributed by atoms with Crippen LogP contribution in [0.2, 0.25) is 0 Å². The van der Waals surface area contributed by atoms with E-state index >= 15 is 0 Å². The number of aromatic nitrogens is 1. The third kappa shape index (κ3) is 2.17. The van der Waals surface area contributed by atoms with Crippen molar-refractivity contribution in [2.24, 2.45) is 0 Å². The van der Waals surface area contributed by atoms with E-state index < -0.39 is 0 Å². The monoisotopic (exact) mass is 232 g/mol. The van der Waals surface area contributed by atoms with Crippen molar-refractivity contribution in [3.8, 4) is 5.88 Å². The summed E-state index contributed by atoms with van der Waals surface area (Å²) in [5.74, 6) is 0.514. The van der Waals surface area contributed by atoms with E-state index in [2.05, 4.69) is 20.9 Å². The maximum absolute atomic E-state index is 8.48. The highest BCUT2D eigenvalue weighted by atomic mass is 79.9. The highest BCUT2D eigenvalue weighted by Crippen LogP contribution is 2.18. The molecule has 0 bridgehead atoms. The van der Waals surface area contributed by atoms with E-state index in [0.29, 0.717) is 12.4 Å². The molecule has 0 aliphatic rings. The van der Waals surface area contributed by atoms with E-state index in [1.165, 1.54) is 7.11 Å². The maximum Gasteiger partial charge on any atom is 0.217 e. The molecule has 5 heteroatoms. The maximum atomic E-state index is 8.48. The SMILES string of the molecule is COc1ncc(Br)cc1CNO. The lowest BCUT2D eigenvalue weighted by molar-refractivity contribution is 0.160. The van der Waals surface area contributed by atoms with Crippen molar-refractivity contribution in [2.75, 3.05) is 7.11 Å². The lowest BCUT2D eigenvalue weighted by atomic mass is 10.3. The molecule has 4 nitrogen and oxygen atoms in total. The summed E-state index contributed by atoms with van der Waals surface area (Å²) in [6.07, 6.45) is 1.64. The van der Waals surface area contributed by atoms with Crippen LogP contribution in [0.25, 0.3) is 0 Å². The molecule has 0 saturated heterocycles. The molecule has 0 fully saturated rings. The predicted molar refractivity (Wildman–Crippen MR) is 47.1 cm³/mol. The molecule has 66 valence electrons. The largest absolute Gasteiger partial charge is 0.481 e. The third-order valence-corrected chi connectivity index (χ3v) is 1.79. The third-order valence-electron chi connectivity index (χ3n) is 1.35. The van der Waals surface area contributed by atoms with Crippen LogP contribution in [-0.4, -0.2) is 17.3 Å². The van der Waals surface area contributed by atoms with Crippen molar-refractivity contribution in [1.29, 1.82) is 0 Å². The molecule has 12 heavy (non-hydrogen) atoms. The van der Waals surface area contributed by atoms with Crippen molar-refractivity contribution in [3.05, 3.63) is 22.3 Å². The summed E-state index contributed by atoms with van der Waals surface area (Å²) in [6, 6.07) is 1.83. The van der Waals surface area contributed by atoms with Crippen LogP contribution in [0.4, 0.5) is 0 Å². The summed E-state index contributed by atoms with van der Waals surface area (Å²) in [4.78, 5) is 4.00. The Morgan fingerprint density at radius 2 is 2.50 bits per heavy atom. The first-order chi connectivity index (χ1) is 5.77. The van der Waals surface area contributed by atoms with Gasteiger partial charge in [-0.2, -0.15) is 0 Å². The molecule has 0 amide bonds. The minimum Gasteiger partial charge on any atom is -0.481 e. The van der Waals surface area contributed by atoms with E-state index in [4.69, 9.17) is 9.94 Å². The Bertz CT molecular complexity index is 268. The van der Waals surface area contributed by atoms with Gasteiger partial charge < -0.3 is 9.94 Å². The molecule has 1 rings (SSSR count). The van der Waals surface area contributed by atoms with Gasteiger partial charge in [0.2, 0.25) is 5.88 Å². The van der Waals surface area contributed by atoms with E-state index in [9.17, 15) is 0 Å². The number of nitrogens with zero attached hydrogens (tertiary/aromatic N) is 1. The number of nitrogens with one attached hydrogen (secondary N) is 1. The van der Waals surface area contributed by atoms with Gasteiger partial charge in [-0.1, -0.05) is 0 Å². The summed E-state index contributed by atoms with van der Waals surface area (Å²) in [7, 11) is 1.54. The van der Waals surface area contributed by atoms with E-state index in [0.717, 1.165) is 10.0 Å². The average molecular weight is 233 g/mol. The molecule has 2 N–H and O–H groups in total. The Labute approximate surface area is 78.7 Å². The molecule has 0 aliphatic carbocycles. The zero-order valence-electron chi connectivity index (χ0n) is 6.54. The van der Waals surface area contributed by atoms with Crippen LogP contribution in [0.15, 0.2) is 16.7 Å². The molecule has 1 heterocycles. The number of ether oxygens (including phenoxy) is 1. The molecule has 0 aliphatic heterocycles. The van der Waals surface area contributed by atoms with Crippen LogP contribution in [0.3, 0.4) is 0 Å². The Morgan fingerprint density at radius 3 is 3.08 bits per heavy atom. The van der Waals surface area contributed by atoms with Crippen molar-refractivity contribution < 1.29 is 9.94 Å². The molecule has 0 atom stereocenters. The predicted octanol–water partition coefficient (Wildman–Crippen LogP) is 1.33. The van der Waals surface area contributed by atoms with Crippen molar-refractivity contribution >= 4 is 15.9 Å². The summed E-state index contributed by atoms with van der Waals surface area (Å²) in [5, 5.41) is 8.48. The van der Waals surface area contributed by atoms with Gasteiger partial charge in [0, 0.05) is 16.2 Å². The first kappa shape index (κ1) is 9.44. The van der Waals surface area contributed by atoms with Gasteiger partial charge in [0.05, 0.1) is 13.7 Å². The fourth-order valence-electron chi connectivity index (χ4n) is 0.864. The minimum absolute atomic E-state index is 0.315. The number of halogens is 1. The second-order valence-electron chi connectivity index (χ2n) is 2.16. The Kier molecular flexibility index (Phi) is 3.46. The number of hydrogen-bond acceptors (Lipinski definition) is 4. The van der Waals surface area contributed by atoms with Gasteiger partial charge in [-0.05, 0) is 22.0 Å². The molecule has 0 unspecified atom stereocenters. The van der Waals surface area contributed by atoms with Gasteiger partial charge in [0.15, 0.2) is 0 Å². The van der Waals surface area contributed by atoms with Crippen molar-refractivity contribution in [2.45, 2.75) is 6.54 Å². The number of hydrogen-bond donors (Lipinski definition) is 2. The fourth-order valence-corrected chi connectivity index (χ4v) is 1.24. The van der Waals surface area contributed by atoms with Gasteiger partial charge in [-0.15, -0.1) is 0 Å². The van der Waals surface area contributed by atoms with Gasteiger partial charge in [0.1, 0.15) is 0 Å². The molecule has 0 aromatic carbocycles. The second kappa shape index (κ2) is 4.39. The quantitative estimate of drug-likeness (QED) is 0.773. The normalized spacial score (nSPS) is 9.92. The molecule has 1 aromatic rings. The summed E-state index contributed by atoms with van der Waals surface area (Å²) >= 11 is 3.27. The molecule has 0 spiro atoms. The van der Waals surface area contributed by atoms with Crippen LogP contribution in [-0.2, 0) is 6.54 Å². The zero-order valence-corrected chi connectivity index (χ0v) is 8.13. The molecular formula is C7H9BrN2O2. The van der Waals surface area contributed by atoms with Crippen LogP contribution >= 0.6 is 15.9 Å². The highest BCUT2D eigenvalue weighted by Gasteiger charge is 2.03. The second-order valence-corrected chi connectivity index (χ2v) is 3.07. The molecule has 0 saturated carbocycles. The smallest absolute Gasteiger partial charge is 0.217 e. The highest BCUT2D eigenvalue weighted by molar-refractivity contribution is 9.10. The standard InChI is InChI=1S/C7H9BrN2O2/c1-12-7-5(3-10-11)2-6(8)4-9-7/h2,4,10-11H,3H2,1H3.